The van der Waals surface area contributed by atoms with Gasteiger partial charge in [-0.3, -0.25) is 4.79 Å². The van der Waals surface area contributed by atoms with Gasteiger partial charge in [0.1, 0.15) is 12.0 Å². The molecule has 0 aromatic heterocycles. The topological polar surface area (TPSA) is 26.3 Å². The Morgan fingerprint density at radius 2 is 1.00 bits per heavy atom. The van der Waals surface area contributed by atoms with Crippen LogP contribution in [0, 0.1) is 13.8 Å². The van der Waals surface area contributed by atoms with Gasteiger partial charge in [0.25, 0.3) is 0 Å². The van der Waals surface area contributed by atoms with Crippen LogP contribution < -0.4 is 21.7 Å². The molecule has 0 amide bonds. The van der Waals surface area contributed by atoms with Crippen LogP contribution in [0.5, 0.6) is 5.75 Å². The summed E-state index contributed by atoms with van der Waals surface area (Å²) in [5.74, 6) is 0.785. The van der Waals surface area contributed by atoms with Gasteiger partial charge in [0.15, 0.2) is 0 Å². The van der Waals surface area contributed by atoms with Crippen LogP contribution in [0.25, 0.3) is 24.3 Å². The number of aryl methyl sites for hydroxylation is 3. The quantitative estimate of drug-likeness (QED) is 0.120. The van der Waals surface area contributed by atoms with E-state index in [0.29, 0.717) is 5.56 Å². The smallest absolute Gasteiger partial charge is 0.150 e. The number of benzene rings is 5. The zero-order valence-electron chi connectivity index (χ0n) is 26.3. The van der Waals surface area contributed by atoms with Crippen molar-refractivity contribution in [3.63, 3.8) is 0 Å². The predicted molar refractivity (Wildman–Crippen MR) is 204 cm³/mol. The number of aldehydes is 1. The Kier molecular flexibility index (Phi) is 17.8. The van der Waals surface area contributed by atoms with Gasteiger partial charge in [-0.2, -0.15) is 0 Å². The Bertz CT molecular complexity index is 1710. The first kappa shape index (κ1) is 39.1. The number of carbonyl (C=O) groups excluding carboxylic acids is 1. The van der Waals surface area contributed by atoms with E-state index in [1.807, 2.05) is 13.0 Å². The number of methoxy groups -OCH3 is 1. The lowest BCUT2D eigenvalue weighted by Gasteiger charge is -2.03. The monoisotopic (exact) mass is 865 g/mol. The van der Waals surface area contributed by atoms with Gasteiger partial charge in [-0.05, 0) is 114 Å². The second-order valence-electron chi connectivity index (χ2n) is 10.2. The van der Waals surface area contributed by atoms with E-state index in [2.05, 4.69) is 177 Å². The van der Waals surface area contributed by atoms with E-state index in [0.717, 1.165) is 37.4 Å². The molecule has 5 aromatic carbocycles. The average Bonchev–Trinajstić information content (AvgIpc) is 3.06. The molecule has 6 heteroatoms. The second-order valence-corrected chi connectivity index (χ2v) is 13.0. The number of hydrogen-bond donors (Lipinski definition) is 0. The van der Waals surface area contributed by atoms with Crippen LogP contribution in [0.1, 0.15) is 56.2 Å². The predicted octanol–water partition coefficient (Wildman–Crippen LogP) is 9.69. The van der Waals surface area contributed by atoms with Crippen LogP contribution in [0.2, 0.25) is 0 Å². The fourth-order valence-corrected chi connectivity index (χ4v) is 4.94. The van der Waals surface area contributed by atoms with E-state index in [-0.39, 0.29) is 17.0 Å². The number of ether oxygens (including phenoxy) is 1. The zero-order valence-corrected chi connectivity index (χ0v) is 32.7. The van der Waals surface area contributed by atoms with Crippen LogP contribution in [0.4, 0.5) is 0 Å². The fraction of sp³-hybridized carbons (Fsp3) is 0.125. The molecule has 0 spiro atoms. The first-order chi connectivity index (χ1) is 21.7. The molecule has 0 saturated heterocycles. The molecule has 0 aliphatic rings. The van der Waals surface area contributed by atoms with Crippen molar-refractivity contribution in [2.75, 3.05) is 7.11 Å². The molecule has 0 heterocycles. The maximum atomic E-state index is 10.4. The lowest BCUT2D eigenvalue weighted by molar-refractivity contribution is -0.0000154. The van der Waals surface area contributed by atoms with Crippen molar-refractivity contribution >= 4 is 78.4 Å². The Morgan fingerprint density at radius 3 is 1.46 bits per heavy atom. The van der Waals surface area contributed by atoms with Crippen molar-refractivity contribution in [2.45, 2.75) is 27.2 Å². The summed E-state index contributed by atoms with van der Waals surface area (Å²) < 4.78 is 8.33. The average molecular weight is 869 g/mol. The third-order valence-electron chi connectivity index (χ3n) is 6.88. The number of halogens is 4. The van der Waals surface area contributed by atoms with E-state index in [9.17, 15) is 4.79 Å². The highest BCUT2D eigenvalue weighted by atomic mass is 79.9. The van der Waals surface area contributed by atoms with Gasteiger partial charge in [0, 0.05) is 19.0 Å². The Labute approximate surface area is 309 Å². The summed E-state index contributed by atoms with van der Waals surface area (Å²) in [5, 5.41) is 0. The summed E-state index contributed by atoms with van der Waals surface area (Å²) >= 11 is 10.3. The van der Waals surface area contributed by atoms with Crippen molar-refractivity contribution in [3.05, 3.63) is 167 Å². The van der Waals surface area contributed by atoms with Crippen LogP contribution >= 0.6 is 47.8 Å². The van der Waals surface area contributed by atoms with Crippen molar-refractivity contribution in [1.29, 1.82) is 0 Å². The van der Waals surface area contributed by atoms with Crippen molar-refractivity contribution < 1.29 is 26.5 Å². The first-order valence-corrected chi connectivity index (χ1v) is 16.9. The maximum Gasteiger partial charge on any atom is 0.150 e. The third kappa shape index (κ3) is 13.8. The van der Waals surface area contributed by atoms with Gasteiger partial charge >= 0.3 is 0 Å². The van der Waals surface area contributed by atoms with E-state index in [1.165, 1.54) is 33.4 Å². The van der Waals surface area contributed by atoms with E-state index < -0.39 is 0 Å². The third-order valence-corrected chi connectivity index (χ3v) is 8.47. The van der Waals surface area contributed by atoms with Crippen molar-refractivity contribution in [3.8, 4) is 5.75 Å². The van der Waals surface area contributed by atoms with Crippen molar-refractivity contribution in [1.82, 2.24) is 0 Å². The lowest BCUT2D eigenvalue weighted by Crippen LogP contribution is -3.00. The summed E-state index contributed by atoms with van der Waals surface area (Å²) in [4.78, 5) is 10.4. The van der Waals surface area contributed by atoms with Gasteiger partial charge in [-0.15, -0.1) is 0 Å². The molecule has 5 rings (SSSR count). The fourth-order valence-electron chi connectivity index (χ4n) is 4.14. The lowest BCUT2D eigenvalue weighted by atomic mass is 10.0. The van der Waals surface area contributed by atoms with E-state index >= 15 is 0 Å². The molecule has 46 heavy (non-hydrogen) atoms. The Balaban J connectivity index is 0.000000289. The molecule has 5 aromatic rings. The molecular weight excluding hydrogens is 832 g/mol. The van der Waals surface area contributed by atoms with Crippen LogP contribution in [-0.4, -0.2) is 13.4 Å². The molecule has 0 aliphatic heterocycles. The molecule has 0 atom stereocenters. The SMILES string of the molecule is CCc1ccc(Br)cc1.COc1ccc(C=O)c(C)c1.Cc1cc(/C=C/c2ccc(Br)cc2)ccc1/C=C/c1ccc(Br)cc1.[Br-]. The summed E-state index contributed by atoms with van der Waals surface area (Å²) in [6.45, 7) is 6.19. The number of rotatable bonds is 7. The molecule has 0 aliphatic carbocycles. The maximum absolute atomic E-state index is 10.4. The number of carbonyl (C=O) groups is 1. The molecule has 0 bridgehead atoms. The highest BCUT2D eigenvalue weighted by Gasteiger charge is 1.98. The Morgan fingerprint density at radius 1 is 0.565 bits per heavy atom. The molecule has 0 N–H and O–H groups in total. The zero-order chi connectivity index (χ0) is 32.6. The van der Waals surface area contributed by atoms with Crippen molar-refractivity contribution in [2.24, 2.45) is 0 Å². The molecule has 238 valence electrons. The minimum atomic E-state index is 0. The molecule has 0 saturated carbocycles. The minimum Gasteiger partial charge on any atom is -1.00 e. The van der Waals surface area contributed by atoms with Gasteiger partial charge in [0.2, 0.25) is 0 Å². The molecule has 0 unspecified atom stereocenters. The first-order valence-electron chi connectivity index (χ1n) is 14.5. The van der Waals surface area contributed by atoms with Gasteiger partial charge in [-0.25, -0.2) is 0 Å². The standard InChI is InChI=1S/C23H18Br2.C9H10O2.C8H9Br.BrH/c1-17-16-20(3-2-18-6-12-22(24)13-7-18)5-11-21(17)10-4-19-8-14-23(25)15-9-19;1-7-5-9(11-2)4-3-8(7)6-10;1-2-7-3-5-8(9)6-4-7;/h2-16H,1H3;3-6H,1-2H3;3-6H,2H2,1H3;1H/p-1/b3-2+,10-4+;;;. The van der Waals surface area contributed by atoms with Gasteiger partial charge < -0.3 is 21.7 Å². The highest BCUT2D eigenvalue weighted by molar-refractivity contribution is 9.11. The second kappa shape index (κ2) is 21.0. The summed E-state index contributed by atoms with van der Waals surface area (Å²) in [6, 6.07) is 36.9. The largest absolute Gasteiger partial charge is 1.00 e. The summed E-state index contributed by atoms with van der Waals surface area (Å²) in [7, 11) is 1.61. The minimum absolute atomic E-state index is 0. The normalized spacial score (nSPS) is 10.3. The van der Waals surface area contributed by atoms with E-state index in [4.69, 9.17) is 4.74 Å². The molecular formula is C40H37Br4O2-. The molecule has 0 fully saturated rings. The summed E-state index contributed by atoms with van der Waals surface area (Å²) in [6.07, 6.45) is 10.6. The Hall–Kier alpha value is -3.03. The highest BCUT2D eigenvalue weighted by Crippen LogP contribution is 2.19. The van der Waals surface area contributed by atoms with E-state index in [1.54, 1.807) is 19.2 Å². The number of hydrogen-bond acceptors (Lipinski definition) is 2. The van der Waals surface area contributed by atoms with Crippen LogP contribution in [0.3, 0.4) is 0 Å². The molecule has 0 radical (unpaired) electrons. The summed E-state index contributed by atoms with van der Waals surface area (Å²) in [5.41, 5.74) is 9.15. The van der Waals surface area contributed by atoms with Crippen LogP contribution in [0.15, 0.2) is 123 Å². The van der Waals surface area contributed by atoms with Gasteiger partial charge in [-0.1, -0.05) is 134 Å². The molecule has 2 nitrogen and oxygen atoms in total. The van der Waals surface area contributed by atoms with Crippen LogP contribution in [-0.2, 0) is 6.42 Å². The van der Waals surface area contributed by atoms with Gasteiger partial charge in [0.05, 0.1) is 7.11 Å².